The van der Waals surface area contributed by atoms with E-state index in [4.69, 9.17) is 11.6 Å². The minimum Gasteiger partial charge on any atom is -0.394 e. The zero-order valence-electron chi connectivity index (χ0n) is 10.8. The van der Waals surface area contributed by atoms with Crippen molar-refractivity contribution in [3.8, 4) is 0 Å². The molecule has 1 saturated heterocycles. The van der Waals surface area contributed by atoms with E-state index in [1.165, 1.54) is 0 Å². The van der Waals surface area contributed by atoms with E-state index in [2.05, 4.69) is 4.74 Å². The van der Waals surface area contributed by atoms with Crippen molar-refractivity contribution in [1.29, 1.82) is 0 Å². The van der Waals surface area contributed by atoms with Crippen LogP contribution >= 0.6 is 0 Å². The largest absolute Gasteiger partial charge is 0.394 e. The van der Waals surface area contributed by atoms with E-state index in [0.717, 1.165) is 0 Å². The van der Waals surface area contributed by atoms with Crippen molar-refractivity contribution < 1.29 is 46.6 Å². The number of rotatable bonds is 5. The number of ketones is 1. The molecular formula is C10H18O9. The van der Waals surface area contributed by atoms with Gasteiger partial charge in [-0.05, 0) is 0 Å². The maximum Gasteiger partial charge on any atom is 0.195 e. The molecule has 0 radical (unpaired) electrons. The first kappa shape index (κ1) is 14.8. The van der Waals surface area contributed by atoms with E-state index in [9.17, 15) is 30.3 Å². The average molecular weight is 283 g/mol. The molecule has 7 N–H and O–H groups in total. The smallest absolute Gasteiger partial charge is 0.195 e. The summed E-state index contributed by atoms with van der Waals surface area (Å²) in [4.78, 5) is 11.9. The van der Waals surface area contributed by atoms with Gasteiger partial charge in [0.1, 0.15) is 42.7 Å². The normalized spacial score (nSPS) is 41.2. The molecule has 1 heterocycles. The van der Waals surface area contributed by atoms with Crippen LogP contribution in [-0.2, 0) is 9.53 Å². The summed E-state index contributed by atoms with van der Waals surface area (Å²) < 4.78 is 12.3. The third-order valence-corrected chi connectivity index (χ3v) is 2.81. The van der Waals surface area contributed by atoms with Gasteiger partial charge in [0.25, 0.3) is 0 Å². The highest BCUT2D eigenvalue weighted by atomic mass is 16.5. The average Bonchev–Trinajstić information content (AvgIpc) is 2.45. The van der Waals surface area contributed by atoms with E-state index >= 15 is 0 Å². The zero-order valence-corrected chi connectivity index (χ0v) is 9.83. The van der Waals surface area contributed by atoms with Crippen molar-refractivity contribution >= 4 is 5.78 Å². The van der Waals surface area contributed by atoms with Gasteiger partial charge in [0.2, 0.25) is 0 Å². The summed E-state index contributed by atoms with van der Waals surface area (Å²) in [6, 6.07) is 0. The van der Waals surface area contributed by atoms with Crippen molar-refractivity contribution in [1.82, 2.24) is 0 Å². The van der Waals surface area contributed by atoms with E-state index < -0.39 is 61.7 Å². The number of hydrogen-bond donors (Lipinski definition) is 7. The topological polar surface area (TPSA) is 168 Å². The molecular weight excluding hydrogens is 264 g/mol. The van der Waals surface area contributed by atoms with Crippen LogP contribution in [0.4, 0.5) is 0 Å². The van der Waals surface area contributed by atoms with Gasteiger partial charge >= 0.3 is 0 Å². The molecule has 0 aliphatic carbocycles. The Kier molecular flexibility index (Phi) is 5.19. The molecule has 1 rings (SSSR count). The molecule has 1 aliphatic rings. The van der Waals surface area contributed by atoms with Crippen molar-refractivity contribution in [3.05, 3.63) is 0 Å². The second-order valence-corrected chi connectivity index (χ2v) is 4.23. The number of ether oxygens (including phenoxy) is 1. The maximum absolute atomic E-state index is 11.9. The second-order valence-electron chi connectivity index (χ2n) is 4.23. The maximum atomic E-state index is 11.9. The zero-order chi connectivity index (χ0) is 15.7. The summed E-state index contributed by atoms with van der Waals surface area (Å²) >= 11 is 0. The van der Waals surface area contributed by atoms with Crippen molar-refractivity contribution in [2.45, 2.75) is 42.7 Å². The fourth-order valence-electron chi connectivity index (χ4n) is 1.56. The summed E-state index contributed by atoms with van der Waals surface area (Å²) in [5, 5.41) is 64.9. The van der Waals surface area contributed by atoms with Gasteiger partial charge in [-0.2, -0.15) is 0 Å². The minimum absolute atomic E-state index is 0.640. The van der Waals surface area contributed by atoms with Crippen LogP contribution in [0.25, 0.3) is 0 Å². The fourth-order valence-corrected chi connectivity index (χ4v) is 1.56. The molecule has 0 aromatic rings. The molecule has 0 spiro atoms. The fraction of sp³-hybridized carbons (Fsp3) is 0.900. The first-order valence-corrected chi connectivity index (χ1v) is 5.54. The SMILES string of the molecule is [2H]C1(C(=O)[C@@H](O)[C@H](O)[C@H](O)CO)OC[C@@H](O)[C@@H](O)[C@@H]1O. The van der Waals surface area contributed by atoms with Gasteiger partial charge in [0.15, 0.2) is 5.78 Å². The molecule has 1 aliphatic heterocycles. The quantitative estimate of drug-likeness (QED) is 0.261. The van der Waals surface area contributed by atoms with Crippen molar-refractivity contribution in [2.75, 3.05) is 13.2 Å². The van der Waals surface area contributed by atoms with Crippen LogP contribution < -0.4 is 0 Å². The molecule has 0 aromatic carbocycles. The van der Waals surface area contributed by atoms with E-state index in [-0.39, 0.29) is 0 Å². The molecule has 9 nitrogen and oxygen atoms in total. The highest BCUT2D eigenvalue weighted by Gasteiger charge is 2.45. The van der Waals surface area contributed by atoms with Crippen LogP contribution in [0.5, 0.6) is 0 Å². The van der Waals surface area contributed by atoms with Crippen LogP contribution in [0.1, 0.15) is 1.37 Å². The van der Waals surface area contributed by atoms with E-state index in [1.54, 1.807) is 0 Å². The molecule has 9 heteroatoms. The summed E-state index contributed by atoms with van der Waals surface area (Å²) in [6.07, 6.45) is -14.6. The third kappa shape index (κ3) is 3.46. The number of Topliss-reactive ketones (excluding diaryl/α,β-unsaturated/α-hetero) is 1. The van der Waals surface area contributed by atoms with E-state index in [1.807, 2.05) is 0 Å². The van der Waals surface area contributed by atoms with Gasteiger partial charge in [-0.1, -0.05) is 0 Å². The van der Waals surface area contributed by atoms with Crippen LogP contribution in [0.2, 0.25) is 0 Å². The lowest BCUT2D eigenvalue weighted by Crippen LogP contribution is -2.59. The lowest BCUT2D eigenvalue weighted by atomic mass is 9.92. The summed E-state index contributed by atoms with van der Waals surface area (Å²) in [6.45, 7) is -1.58. The molecule has 7 atom stereocenters. The van der Waals surface area contributed by atoms with Gasteiger partial charge in [-0.25, -0.2) is 0 Å². The Morgan fingerprint density at radius 3 is 2.37 bits per heavy atom. The Morgan fingerprint density at radius 1 is 1.26 bits per heavy atom. The van der Waals surface area contributed by atoms with Gasteiger partial charge in [-0.15, -0.1) is 0 Å². The standard InChI is InChI=1S/C10H18O9/c11-1-3(12)5(14)7(16)9(18)10-8(17)6(15)4(13)2-19-10/h3-8,10-17H,1-2H2/t3-,4-,5-,6-,7+,8+,10?/m1/s1/i10D. The second kappa shape index (κ2) is 6.68. The highest BCUT2D eigenvalue weighted by Crippen LogP contribution is 2.18. The van der Waals surface area contributed by atoms with Gasteiger partial charge in [-0.3, -0.25) is 4.79 Å². The van der Waals surface area contributed by atoms with Crippen molar-refractivity contribution in [2.24, 2.45) is 0 Å². The monoisotopic (exact) mass is 283 g/mol. The third-order valence-electron chi connectivity index (χ3n) is 2.81. The number of carbonyl (C=O) groups is 1. The summed E-state index contributed by atoms with van der Waals surface area (Å²) in [7, 11) is 0. The molecule has 1 fully saturated rings. The van der Waals surface area contributed by atoms with Crippen LogP contribution in [0, 0.1) is 0 Å². The summed E-state index contributed by atoms with van der Waals surface area (Å²) in [5.74, 6) is -1.52. The lowest BCUT2D eigenvalue weighted by molar-refractivity contribution is -0.199. The lowest BCUT2D eigenvalue weighted by Gasteiger charge is -2.35. The number of aliphatic hydroxyl groups is 7. The summed E-state index contributed by atoms with van der Waals surface area (Å²) in [5.41, 5.74) is 0. The molecule has 19 heavy (non-hydrogen) atoms. The molecule has 0 bridgehead atoms. The predicted molar refractivity (Wildman–Crippen MR) is 57.9 cm³/mol. The first-order valence-electron chi connectivity index (χ1n) is 6.04. The number of carbonyl (C=O) groups excluding carboxylic acids is 1. The number of aliphatic hydroxyl groups excluding tert-OH is 7. The van der Waals surface area contributed by atoms with Crippen molar-refractivity contribution in [3.63, 3.8) is 0 Å². The Morgan fingerprint density at radius 2 is 1.84 bits per heavy atom. The molecule has 0 amide bonds. The van der Waals surface area contributed by atoms with E-state index in [0.29, 0.717) is 0 Å². The molecule has 0 saturated carbocycles. The Balaban J connectivity index is 2.89. The Bertz CT molecular complexity index is 354. The van der Waals surface area contributed by atoms with Crippen LogP contribution in [-0.4, -0.2) is 97.4 Å². The first-order chi connectivity index (χ1) is 9.16. The molecule has 0 aromatic heterocycles. The van der Waals surface area contributed by atoms with Crippen LogP contribution in [0.3, 0.4) is 0 Å². The Hall–Kier alpha value is -0.650. The van der Waals surface area contributed by atoms with Gasteiger partial charge in [0.05, 0.1) is 14.6 Å². The minimum atomic E-state index is -2.81. The highest BCUT2D eigenvalue weighted by molar-refractivity contribution is 5.88. The predicted octanol–water partition coefficient (Wildman–Crippen LogP) is -4.89. The molecule has 112 valence electrons. The van der Waals surface area contributed by atoms with Gasteiger partial charge < -0.3 is 40.5 Å². The van der Waals surface area contributed by atoms with Crippen LogP contribution in [0.15, 0.2) is 0 Å². The Labute approximate surface area is 109 Å². The number of hydrogen-bond acceptors (Lipinski definition) is 9. The molecule has 1 unspecified atom stereocenters. The van der Waals surface area contributed by atoms with Gasteiger partial charge in [0, 0.05) is 0 Å².